The van der Waals surface area contributed by atoms with Crippen molar-refractivity contribution in [2.24, 2.45) is 0 Å². The number of nitrogens with one attached hydrogen (secondary N) is 2. The maximum atomic E-state index is 13.9. The lowest BCUT2D eigenvalue weighted by Crippen LogP contribution is -2.40. The van der Waals surface area contributed by atoms with Crippen LogP contribution in [0.3, 0.4) is 0 Å². The molecule has 2 aromatic rings. The van der Waals surface area contributed by atoms with Gasteiger partial charge in [-0.25, -0.2) is 18.6 Å². The molecule has 0 spiro atoms. The van der Waals surface area contributed by atoms with Crippen molar-refractivity contribution in [3.8, 4) is 5.75 Å². The van der Waals surface area contributed by atoms with Gasteiger partial charge in [-0.3, -0.25) is 0 Å². The molecule has 122 valence electrons. The fourth-order valence-electron chi connectivity index (χ4n) is 2.41. The van der Waals surface area contributed by atoms with Gasteiger partial charge in [-0.05, 0) is 0 Å². The number of aromatic nitrogens is 1. The first-order valence-electron chi connectivity index (χ1n) is 7.10. The minimum atomic E-state index is -0.723. The zero-order valence-corrected chi connectivity index (χ0v) is 13.1. The van der Waals surface area contributed by atoms with Gasteiger partial charge in [0.05, 0.1) is 16.6 Å². The van der Waals surface area contributed by atoms with Crippen LogP contribution in [0.1, 0.15) is 29.5 Å². The van der Waals surface area contributed by atoms with Crippen molar-refractivity contribution in [3.63, 3.8) is 0 Å². The standard InChI is InChI=1S/C15H15F2N3O2S/c1-8(14-18-2-3-23-14)6-19-15(21)20-11-7-22-12-5-9(16)4-10(17)13(11)12/h2-5,8,11H,6-7H2,1H3,(H2,19,20,21)/t8-,11+/m0/s1. The summed E-state index contributed by atoms with van der Waals surface area (Å²) in [6, 6.07) is 0.826. The lowest BCUT2D eigenvalue weighted by atomic mass is 10.1. The van der Waals surface area contributed by atoms with Gasteiger partial charge in [0.1, 0.15) is 24.0 Å². The fraction of sp³-hybridized carbons (Fsp3) is 0.333. The van der Waals surface area contributed by atoms with E-state index in [2.05, 4.69) is 15.6 Å². The molecule has 2 atom stereocenters. The molecular weight excluding hydrogens is 324 g/mol. The van der Waals surface area contributed by atoms with Crippen molar-refractivity contribution in [2.75, 3.05) is 13.2 Å². The van der Waals surface area contributed by atoms with Crippen LogP contribution in [-0.4, -0.2) is 24.2 Å². The Kier molecular flexibility index (Phi) is 4.42. The summed E-state index contributed by atoms with van der Waals surface area (Å²) in [5.41, 5.74) is 0.175. The number of hydrogen-bond acceptors (Lipinski definition) is 4. The second-order valence-electron chi connectivity index (χ2n) is 5.29. The third-order valence-corrected chi connectivity index (χ3v) is 4.56. The first kappa shape index (κ1) is 15.7. The van der Waals surface area contributed by atoms with Crippen molar-refractivity contribution in [1.29, 1.82) is 0 Å². The van der Waals surface area contributed by atoms with Crippen molar-refractivity contribution in [1.82, 2.24) is 15.6 Å². The summed E-state index contributed by atoms with van der Waals surface area (Å²) in [5, 5.41) is 8.17. The van der Waals surface area contributed by atoms with E-state index < -0.39 is 23.7 Å². The van der Waals surface area contributed by atoms with E-state index in [0.29, 0.717) is 6.54 Å². The van der Waals surface area contributed by atoms with Crippen LogP contribution >= 0.6 is 11.3 Å². The van der Waals surface area contributed by atoms with Gasteiger partial charge < -0.3 is 15.4 Å². The van der Waals surface area contributed by atoms with E-state index in [4.69, 9.17) is 4.74 Å². The molecule has 0 aliphatic carbocycles. The Morgan fingerprint density at radius 1 is 1.52 bits per heavy atom. The van der Waals surface area contributed by atoms with Crippen LogP contribution < -0.4 is 15.4 Å². The molecule has 0 radical (unpaired) electrons. The number of benzene rings is 1. The Morgan fingerprint density at radius 2 is 2.35 bits per heavy atom. The van der Waals surface area contributed by atoms with Gasteiger partial charge in [0.15, 0.2) is 0 Å². The Hall–Kier alpha value is -2.22. The SMILES string of the molecule is C[C@@H](CNC(=O)N[C@@H]1COc2cc(F)cc(F)c21)c1nccs1. The topological polar surface area (TPSA) is 63.2 Å². The molecule has 1 aliphatic rings. The molecule has 0 bridgehead atoms. The molecule has 1 aromatic heterocycles. The van der Waals surface area contributed by atoms with Crippen molar-refractivity contribution < 1.29 is 18.3 Å². The molecule has 2 N–H and O–H groups in total. The number of ether oxygens (including phenoxy) is 1. The Bertz CT molecular complexity index is 709. The molecule has 3 rings (SSSR count). The molecule has 5 nitrogen and oxygen atoms in total. The smallest absolute Gasteiger partial charge is 0.315 e. The van der Waals surface area contributed by atoms with Crippen LogP contribution in [0.15, 0.2) is 23.7 Å². The molecule has 0 saturated carbocycles. The number of rotatable bonds is 4. The first-order valence-corrected chi connectivity index (χ1v) is 7.98. The highest BCUT2D eigenvalue weighted by molar-refractivity contribution is 7.09. The number of urea groups is 1. The van der Waals surface area contributed by atoms with Crippen molar-refractivity contribution in [2.45, 2.75) is 18.9 Å². The first-order chi connectivity index (χ1) is 11.0. The quantitative estimate of drug-likeness (QED) is 0.900. The highest BCUT2D eigenvalue weighted by atomic mass is 32.1. The predicted molar refractivity (Wildman–Crippen MR) is 81.7 cm³/mol. The van der Waals surface area contributed by atoms with Crippen molar-refractivity contribution >= 4 is 17.4 Å². The second kappa shape index (κ2) is 6.49. The van der Waals surface area contributed by atoms with Gasteiger partial charge in [0.25, 0.3) is 0 Å². The molecule has 0 saturated heterocycles. The van der Waals surface area contributed by atoms with Crippen molar-refractivity contribution in [3.05, 3.63) is 45.9 Å². The summed E-state index contributed by atoms with van der Waals surface area (Å²) in [6.45, 7) is 2.44. The Morgan fingerprint density at radius 3 is 3.09 bits per heavy atom. The summed E-state index contributed by atoms with van der Waals surface area (Å²) in [7, 11) is 0. The van der Waals surface area contributed by atoms with E-state index in [0.717, 1.165) is 17.1 Å². The lowest BCUT2D eigenvalue weighted by Gasteiger charge is -2.15. The van der Waals surface area contributed by atoms with Gasteiger partial charge in [-0.2, -0.15) is 0 Å². The summed E-state index contributed by atoms with van der Waals surface area (Å²) in [4.78, 5) is 16.2. The van der Waals surface area contributed by atoms with Gasteiger partial charge >= 0.3 is 6.03 Å². The molecule has 1 aliphatic heterocycles. The van der Waals surface area contributed by atoms with Crippen LogP contribution in [0.4, 0.5) is 13.6 Å². The number of thiazole rings is 1. The van der Waals surface area contributed by atoms with E-state index in [1.54, 1.807) is 6.20 Å². The second-order valence-corrected chi connectivity index (χ2v) is 6.21. The van der Waals surface area contributed by atoms with E-state index in [9.17, 15) is 13.6 Å². The molecule has 0 unspecified atom stereocenters. The van der Waals surface area contributed by atoms with Crippen LogP contribution in [0, 0.1) is 11.6 Å². The van der Waals surface area contributed by atoms with E-state index in [1.165, 1.54) is 11.3 Å². The number of carbonyl (C=O) groups excluding carboxylic acids is 1. The maximum absolute atomic E-state index is 13.9. The minimum absolute atomic E-state index is 0.0746. The number of hydrogen-bond donors (Lipinski definition) is 2. The van der Waals surface area contributed by atoms with Gasteiger partial charge in [-0.1, -0.05) is 6.92 Å². The lowest BCUT2D eigenvalue weighted by molar-refractivity contribution is 0.231. The predicted octanol–water partition coefficient (Wildman–Crippen LogP) is 2.96. The number of amides is 2. The van der Waals surface area contributed by atoms with Gasteiger partial charge in [0, 0.05) is 36.2 Å². The molecule has 0 fully saturated rings. The molecule has 2 amide bonds. The van der Waals surface area contributed by atoms with E-state index in [1.807, 2.05) is 12.3 Å². The third-order valence-electron chi connectivity index (χ3n) is 3.56. The van der Waals surface area contributed by atoms with E-state index in [-0.39, 0.29) is 23.8 Å². The zero-order valence-electron chi connectivity index (χ0n) is 12.3. The molecule has 23 heavy (non-hydrogen) atoms. The number of fused-ring (bicyclic) bond motifs is 1. The van der Waals surface area contributed by atoms with Crippen LogP contribution in [0.25, 0.3) is 0 Å². The van der Waals surface area contributed by atoms with Crippen LogP contribution in [-0.2, 0) is 0 Å². The Labute approximate surface area is 135 Å². The monoisotopic (exact) mass is 339 g/mol. The molecule has 2 heterocycles. The minimum Gasteiger partial charge on any atom is -0.490 e. The average molecular weight is 339 g/mol. The van der Waals surface area contributed by atoms with Crippen LogP contribution in [0.5, 0.6) is 5.75 Å². The Balaban J connectivity index is 1.58. The fourth-order valence-corrected chi connectivity index (χ4v) is 3.11. The molecular formula is C15H15F2N3O2S. The maximum Gasteiger partial charge on any atom is 0.315 e. The molecule has 8 heteroatoms. The number of carbonyl (C=O) groups is 1. The summed E-state index contributed by atoms with van der Waals surface area (Å²) < 4.78 is 32.2. The number of nitrogens with zero attached hydrogens (tertiary/aromatic N) is 1. The average Bonchev–Trinajstić information content (AvgIpc) is 3.14. The zero-order chi connectivity index (χ0) is 16.4. The highest BCUT2D eigenvalue weighted by Crippen LogP contribution is 2.35. The van der Waals surface area contributed by atoms with Crippen LogP contribution in [0.2, 0.25) is 0 Å². The third kappa shape index (κ3) is 3.42. The summed E-state index contributed by atoms with van der Waals surface area (Å²) >= 11 is 1.52. The molecule has 1 aromatic carbocycles. The normalized spacial score (nSPS) is 17.3. The van der Waals surface area contributed by atoms with E-state index >= 15 is 0 Å². The van der Waals surface area contributed by atoms with Gasteiger partial charge in [-0.15, -0.1) is 11.3 Å². The summed E-state index contributed by atoms with van der Waals surface area (Å²) in [5.74, 6) is -1.22. The summed E-state index contributed by atoms with van der Waals surface area (Å²) in [6.07, 6.45) is 1.71. The largest absolute Gasteiger partial charge is 0.490 e. The highest BCUT2D eigenvalue weighted by Gasteiger charge is 2.30. The number of halogens is 2. The van der Waals surface area contributed by atoms with Gasteiger partial charge in [0.2, 0.25) is 0 Å².